The minimum Gasteiger partial charge on any atom is -0.242 e. The van der Waals surface area contributed by atoms with Crippen molar-refractivity contribution in [3.63, 3.8) is 0 Å². The molecule has 1 saturated carbocycles. The molecule has 0 amide bonds. The highest BCUT2D eigenvalue weighted by molar-refractivity contribution is 7.84. The Bertz CT molecular complexity index is 510. The van der Waals surface area contributed by atoms with Gasteiger partial charge in [-0.2, -0.15) is 0 Å². The smallest absolute Gasteiger partial charge is 0.130 e. The molecule has 1 fully saturated rings. The summed E-state index contributed by atoms with van der Waals surface area (Å²) in [6.07, 6.45) is 7.97. The molecule has 1 unspecified atom stereocenters. The molecule has 2 rings (SSSR count). The summed E-state index contributed by atoms with van der Waals surface area (Å²) in [5.74, 6) is 1.45. The van der Waals surface area contributed by atoms with Crippen LogP contribution in [-0.4, -0.2) is 27.0 Å². The summed E-state index contributed by atoms with van der Waals surface area (Å²) < 4.78 is 15.0. The van der Waals surface area contributed by atoms with Gasteiger partial charge in [0.1, 0.15) is 11.0 Å². The highest BCUT2D eigenvalue weighted by Gasteiger charge is 2.23. The van der Waals surface area contributed by atoms with E-state index in [9.17, 15) is 4.21 Å². The van der Waals surface area contributed by atoms with Crippen molar-refractivity contribution < 1.29 is 4.21 Å². The van der Waals surface area contributed by atoms with E-state index in [1.54, 1.807) is 0 Å². The van der Waals surface area contributed by atoms with E-state index in [2.05, 4.69) is 14.7 Å². The molecule has 22 heavy (non-hydrogen) atoms. The summed E-state index contributed by atoms with van der Waals surface area (Å²) in [5, 5.41) is 0.563. The minimum atomic E-state index is -0.978. The van der Waals surface area contributed by atoms with Gasteiger partial charge in [0.25, 0.3) is 0 Å². The molecule has 0 spiro atoms. The Labute approximate surface area is 141 Å². The minimum absolute atomic E-state index is 0.201. The Morgan fingerprint density at radius 3 is 2.64 bits per heavy atom. The summed E-state index contributed by atoms with van der Waals surface area (Å²) in [4.78, 5) is 8.96. The predicted molar refractivity (Wildman–Crippen MR) is 95.9 cm³/mol. The molecule has 0 aromatic rings. The van der Waals surface area contributed by atoms with E-state index in [1.165, 1.54) is 5.71 Å². The summed E-state index contributed by atoms with van der Waals surface area (Å²) in [6.45, 7) is 6.80. The van der Waals surface area contributed by atoms with Crippen LogP contribution in [0.1, 0.15) is 59.3 Å². The Morgan fingerprint density at radius 2 is 2.05 bits per heavy atom. The van der Waals surface area contributed by atoms with Gasteiger partial charge in [0, 0.05) is 18.7 Å². The molecule has 6 heteroatoms. The lowest BCUT2D eigenvalue weighted by atomic mass is 9.88. The number of rotatable bonds is 3. The first-order valence-corrected chi connectivity index (χ1v) is 9.52. The Balaban J connectivity index is 1.79. The van der Waals surface area contributed by atoms with Gasteiger partial charge < -0.3 is 0 Å². The molecule has 1 heterocycles. The fourth-order valence-corrected chi connectivity index (χ4v) is 3.57. The van der Waals surface area contributed by atoms with Crippen molar-refractivity contribution in [3.8, 4) is 0 Å². The monoisotopic (exact) mass is 343 g/mol. The lowest BCUT2D eigenvalue weighted by Crippen LogP contribution is -2.36. The molecule has 124 valence electrons. The maximum atomic E-state index is 12.0. The molecule has 0 saturated heterocycles. The highest BCUT2D eigenvalue weighted by Crippen LogP contribution is 2.23. The number of halogens is 1. The lowest BCUT2D eigenvalue weighted by molar-refractivity contribution is 0.439. The molecule has 1 atom stereocenters. The molecular formula is C16H26ClN3OS. The van der Waals surface area contributed by atoms with Crippen LogP contribution in [0.5, 0.6) is 0 Å². The molecule has 1 aliphatic carbocycles. The molecular weight excluding hydrogens is 318 g/mol. The highest BCUT2D eigenvalue weighted by atomic mass is 35.5. The van der Waals surface area contributed by atoms with Gasteiger partial charge >= 0.3 is 0 Å². The molecule has 4 nitrogen and oxygen atoms in total. The van der Waals surface area contributed by atoms with Crippen LogP contribution >= 0.6 is 11.6 Å². The number of hydrogen-bond donors (Lipinski definition) is 1. The van der Waals surface area contributed by atoms with Gasteiger partial charge in [0.05, 0.1) is 15.7 Å². The molecule has 1 N–H and O–H groups in total. The van der Waals surface area contributed by atoms with E-state index in [4.69, 9.17) is 11.6 Å². The van der Waals surface area contributed by atoms with E-state index in [1.807, 2.05) is 26.8 Å². The number of amidine groups is 1. The van der Waals surface area contributed by atoms with Crippen LogP contribution in [0.3, 0.4) is 0 Å². The van der Waals surface area contributed by atoms with E-state index in [0.717, 1.165) is 50.9 Å². The molecule has 0 aromatic heterocycles. The second kappa shape index (κ2) is 7.84. The first-order chi connectivity index (χ1) is 10.3. The Kier molecular flexibility index (Phi) is 6.36. The van der Waals surface area contributed by atoms with Crippen LogP contribution in [0.25, 0.3) is 0 Å². The van der Waals surface area contributed by atoms with Crippen LogP contribution in [0, 0.1) is 5.92 Å². The number of hydrogen-bond acceptors (Lipinski definition) is 3. The van der Waals surface area contributed by atoms with Crippen molar-refractivity contribution in [2.75, 3.05) is 6.54 Å². The Hall–Kier alpha value is -0.520. The quantitative estimate of drug-likeness (QED) is 0.775. The molecule has 0 radical (unpaired) electrons. The molecule has 0 aromatic carbocycles. The van der Waals surface area contributed by atoms with Crippen molar-refractivity contribution in [2.45, 2.75) is 64.0 Å². The maximum absolute atomic E-state index is 12.0. The fraction of sp³-hybridized carbons (Fsp3) is 0.750. The van der Waals surface area contributed by atoms with E-state index in [0.29, 0.717) is 11.1 Å². The molecule has 2 aliphatic rings. The van der Waals surface area contributed by atoms with E-state index < -0.39 is 11.0 Å². The summed E-state index contributed by atoms with van der Waals surface area (Å²) >= 11 is 5.93. The third-order valence-corrected chi connectivity index (χ3v) is 5.73. The zero-order valence-electron chi connectivity index (χ0n) is 13.7. The average molecular weight is 344 g/mol. The van der Waals surface area contributed by atoms with Crippen molar-refractivity contribution >= 4 is 34.1 Å². The SMILES string of the molecule is CC(C)(C)S(=O)NCC1CCC(=NC2=NC(Cl)=CCC2)CC1. The summed E-state index contributed by atoms with van der Waals surface area (Å²) in [6, 6.07) is 0. The van der Waals surface area contributed by atoms with Gasteiger partial charge in [-0.25, -0.2) is 18.9 Å². The van der Waals surface area contributed by atoms with Crippen LogP contribution in [0.15, 0.2) is 21.2 Å². The third kappa shape index (κ3) is 5.60. The van der Waals surface area contributed by atoms with Crippen LogP contribution in [0.2, 0.25) is 0 Å². The largest absolute Gasteiger partial charge is 0.242 e. The fourth-order valence-electron chi connectivity index (χ4n) is 2.55. The molecule has 0 bridgehead atoms. The third-order valence-electron chi connectivity index (χ3n) is 3.95. The normalized spacial score (nSPS) is 24.5. The first-order valence-electron chi connectivity index (χ1n) is 7.99. The van der Waals surface area contributed by atoms with Gasteiger partial charge in [-0.1, -0.05) is 11.6 Å². The average Bonchev–Trinajstić information content (AvgIpc) is 2.45. The second-order valence-electron chi connectivity index (χ2n) is 6.94. The number of nitrogens with zero attached hydrogens (tertiary/aromatic N) is 2. The van der Waals surface area contributed by atoms with Crippen LogP contribution in [0.4, 0.5) is 0 Å². The zero-order chi connectivity index (χ0) is 16.2. The number of allylic oxidation sites excluding steroid dienone is 1. The van der Waals surface area contributed by atoms with Gasteiger partial charge in [-0.3, -0.25) is 0 Å². The van der Waals surface area contributed by atoms with E-state index >= 15 is 0 Å². The Morgan fingerprint density at radius 1 is 1.36 bits per heavy atom. The number of aliphatic imine (C=N–C) groups is 2. The van der Waals surface area contributed by atoms with Gasteiger partial charge in [0.15, 0.2) is 0 Å². The molecule has 1 aliphatic heterocycles. The van der Waals surface area contributed by atoms with Gasteiger partial charge in [-0.05, 0) is 64.9 Å². The standard InChI is InChI=1S/C16H26ClN3OS/c1-16(2,3)22(21)18-11-12-7-9-13(10-8-12)19-15-6-4-5-14(17)20-15/h5,12,18H,4,6-11H2,1-3H3. The zero-order valence-corrected chi connectivity index (χ0v) is 15.3. The maximum Gasteiger partial charge on any atom is 0.130 e. The van der Waals surface area contributed by atoms with Crippen LogP contribution in [-0.2, 0) is 11.0 Å². The van der Waals surface area contributed by atoms with Crippen molar-refractivity contribution in [1.82, 2.24) is 4.72 Å². The topological polar surface area (TPSA) is 53.8 Å². The number of nitrogens with one attached hydrogen (secondary N) is 1. The lowest BCUT2D eigenvalue weighted by Gasteiger charge is -2.25. The van der Waals surface area contributed by atoms with Crippen molar-refractivity contribution in [2.24, 2.45) is 15.9 Å². The first kappa shape index (κ1) is 17.8. The van der Waals surface area contributed by atoms with Crippen LogP contribution < -0.4 is 4.72 Å². The second-order valence-corrected chi connectivity index (χ2v) is 9.38. The summed E-state index contributed by atoms with van der Waals surface area (Å²) in [7, 11) is -0.978. The van der Waals surface area contributed by atoms with Crippen molar-refractivity contribution in [3.05, 3.63) is 11.2 Å². The van der Waals surface area contributed by atoms with Gasteiger partial charge in [0.2, 0.25) is 0 Å². The van der Waals surface area contributed by atoms with E-state index in [-0.39, 0.29) is 4.75 Å². The van der Waals surface area contributed by atoms with Crippen molar-refractivity contribution in [1.29, 1.82) is 0 Å². The van der Waals surface area contributed by atoms with Gasteiger partial charge in [-0.15, -0.1) is 0 Å². The summed E-state index contributed by atoms with van der Waals surface area (Å²) in [5.41, 5.74) is 1.23. The predicted octanol–water partition coefficient (Wildman–Crippen LogP) is 3.94.